The van der Waals surface area contributed by atoms with E-state index in [0.29, 0.717) is 10.6 Å². The van der Waals surface area contributed by atoms with Gasteiger partial charge in [-0.15, -0.1) is 11.3 Å². The molecule has 7 heteroatoms. The third-order valence-corrected chi connectivity index (χ3v) is 4.54. The predicted octanol–water partition coefficient (Wildman–Crippen LogP) is 2.45. The standard InChI is InChI=1S/C16H16FN3O2S/c17-12-6-2-1-5-11(12)9-18-14(21)13-10-23-15(19-13)16(22)20-7-3-4-8-20/h1-2,5-6,10H,3-4,7-9H2,(H,18,21). The molecule has 1 N–H and O–H groups in total. The molecular weight excluding hydrogens is 317 g/mol. The van der Waals surface area contributed by atoms with Gasteiger partial charge < -0.3 is 10.2 Å². The molecule has 120 valence electrons. The molecule has 0 atom stereocenters. The van der Waals surface area contributed by atoms with Gasteiger partial charge in [-0.2, -0.15) is 0 Å². The SMILES string of the molecule is O=C(NCc1ccccc1F)c1csc(C(=O)N2CCCC2)n1. The molecule has 0 unspecified atom stereocenters. The van der Waals surface area contributed by atoms with E-state index in [2.05, 4.69) is 10.3 Å². The lowest BCUT2D eigenvalue weighted by Gasteiger charge is -2.12. The molecule has 1 fully saturated rings. The Hall–Kier alpha value is -2.28. The van der Waals surface area contributed by atoms with E-state index < -0.39 is 5.91 Å². The highest BCUT2D eigenvalue weighted by Gasteiger charge is 2.23. The van der Waals surface area contributed by atoms with Crippen LogP contribution in [0.5, 0.6) is 0 Å². The van der Waals surface area contributed by atoms with Crippen LogP contribution < -0.4 is 5.32 Å². The topological polar surface area (TPSA) is 62.3 Å². The summed E-state index contributed by atoms with van der Waals surface area (Å²) in [6, 6.07) is 6.26. The number of likely N-dealkylation sites (tertiary alicyclic amines) is 1. The second-order valence-corrected chi connectivity index (χ2v) is 6.17. The Morgan fingerprint density at radius 2 is 2.00 bits per heavy atom. The van der Waals surface area contributed by atoms with Crippen LogP contribution in [0.2, 0.25) is 0 Å². The first-order valence-electron chi connectivity index (χ1n) is 7.41. The third kappa shape index (κ3) is 3.56. The van der Waals surface area contributed by atoms with Crippen LogP contribution in [0.4, 0.5) is 4.39 Å². The van der Waals surface area contributed by atoms with Crippen LogP contribution in [0.1, 0.15) is 38.7 Å². The first kappa shape index (κ1) is 15.6. The lowest BCUT2D eigenvalue weighted by atomic mass is 10.2. The fourth-order valence-electron chi connectivity index (χ4n) is 2.44. The number of thiazole rings is 1. The molecule has 1 aliphatic heterocycles. The first-order chi connectivity index (χ1) is 11.1. The number of carbonyl (C=O) groups excluding carboxylic acids is 2. The van der Waals surface area contributed by atoms with Crippen LogP contribution >= 0.6 is 11.3 Å². The quantitative estimate of drug-likeness (QED) is 0.935. The van der Waals surface area contributed by atoms with Gasteiger partial charge in [-0.3, -0.25) is 9.59 Å². The van der Waals surface area contributed by atoms with Gasteiger partial charge in [0.1, 0.15) is 11.5 Å². The van der Waals surface area contributed by atoms with E-state index in [4.69, 9.17) is 0 Å². The van der Waals surface area contributed by atoms with Crippen molar-refractivity contribution in [2.75, 3.05) is 13.1 Å². The summed E-state index contributed by atoms with van der Waals surface area (Å²) in [6.07, 6.45) is 2.01. The highest BCUT2D eigenvalue weighted by molar-refractivity contribution is 7.11. The summed E-state index contributed by atoms with van der Waals surface area (Å²) < 4.78 is 13.5. The Kier molecular flexibility index (Phi) is 4.66. The Labute approximate surface area is 137 Å². The van der Waals surface area contributed by atoms with E-state index in [0.717, 1.165) is 37.3 Å². The Bertz CT molecular complexity index is 726. The van der Waals surface area contributed by atoms with Crippen LogP contribution in [-0.4, -0.2) is 34.8 Å². The normalized spacial score (nSPS) is 14.0. The minimum Gasteiger partial charge on any atom is -0.346 e. The van der Waals surface area contributed by atoms with Crippen LogP contribution in [0.3, 0.4) is 0 Å². The van der Waals surface area contributed by atoms with E-state index in [9.17, 15) is 14.0 Å². The molecule has 1 aromatic carbocycles. The number of halogens is 1. The van der Waals surface area contributed by atoms with Gasteiger partial charge in [-0.1, -0.05) is 18.2 Å². The second-order valence-electron chi connectivity index (χ2n) is 5.31. The molecular formula is C16H16FN3O2S. The average molecular weight is 333 g/mol. The smallest absolute Gasteiger partial charge is 0.282 e. The van der Waals surface area contributed by atoms with Crippen molar-refractivity contribution in [2.24, 2.45) is 0 Å². The second kappa shape index (κ2) is 6.87. The van der Waals surface area contributed by atoms with E-state index in [-0.39, 0.29) is 24.0 Å². The van der Waals surface area contributed by atoms with Crippen LogP contribution in [0.25, 0.3) is 0 Å². The summed E-state index contributed by atoms with van der Waals surface area (Å²) in [6.45, 7) is 1.57. The molecule has 0 spiro atoms. The Morgan fingerprint density at radius 1 is 1.26 bits per heavy atom. The van der Waals surface area contributed by atoms with Crippen molar-refractivity contribution in [3.63, 3.8) is 0 Å². The highest BCUT2D eigenvalue weighted by atomic mass is 32.1. The number of benzene rings is 1. The van der Waals surface area contributed by atoms with Crippen LogP contribution in [0.15, 0.2) is 29.6 Å². The fraction of sp³-hybridized carbons (Fsp3) is 0.312. The van der Waals surface area contributed by atoms with Crippen molar-refractivity contribution < 1.29 is 14.0 Å². The maximum atomic E-state index is 13.5. The lowest BCUT2D eigenvalue weighted by molar-refractivity contribution is 0.0792. The number of nitrogens with zero attached hydrogens (tertiary/aromatic N) is 2. The minimum atomic E-state index is -0.412. The van der Waals surface area contributed by atoms with Gasteiger partial charge in [0.2, 0.25) is 0 Å². The molecule has 1 aromatic heterocycles. The molecule has 1 aliphatic rings. The Balaban J connectivity index is 1.62. The van der Waals surface area contributed by atoms with Crippen molar-refractivity contribution >= 4 is 23.2 Å². The average Bonchev–Trinajstić information content (AvgIpc) is 3.24. The van der Waals surface area contributed by atoms with E-state index in [1.165, 1.54) is 6.07 Å². The molecule has 1 saturated heterocycles. The summed E-state index contributed by atoms with van der Waals surface area (Å²) >= 11 is 1.16. The van der Waals surface area contributed by atoms with Gasteiger partial charge in [0.15, 0.2) is 5.01 Å². The van der Waals surface area contributed by atoms with Crippen LogP contribution in [0, 0.1) is 5.82 Å². The first-order valence-corrected chi connectivity index (χ1v) is 8.29. The van der Waals surface area contributed by atoms with E-state index in [1.54, 1.807) is 28.5 Å². The number of hydrogen-bond donors (Lipinski definition) is 1. The van der Waals surface area contributed by atoms with Gasteiger partial charge in [-0.25, -0.2) is 9.37 Å². The van der Waals surface area contributed by atoms with Gasteiger partial charge in [-0.05, 0) is 18.9 Å². The molecule has 0 radical (unpaired) electrons. The molecule has 0 saturated carbocycles. The molecule has 2 amide bonds. The van der Waals surface area contributed by atoms with Crippen molar-refractivity contribution in [3.8, 4) is 0 Å². The van der Waals surface area contributed by atoms with Gasteiger partial charge in [0.25, 0.3) is 11.8 Å². The van der Waals surface area contributed by atoms with Gasteiger partial charge in [0, 0.05) is 30.6 Å². The summed E-state index contributed by atoms with van der Waals surface area (Å²) in [5, 5.41) is 4.50. The number of amides is 2. The summed E-state index contributed by atoms with van der Waals surface area (Å²) in [7, 11) is 0. The number of aromatic nitrogens is 1. The number of rotatable bonds is 4. The molecule has 2 aromatic rings. The third-order valence-electron chi connectivity index (χ3n) is 3.71. The molecule has 2 heterocycles. The zero-order valence-electron chi connectivity index (χ0n) is 12.4. The van der Waals surface area contributed by atoms with E-state index >= 15 is 0 Å². The van der Waals surface area contributed by atoms with Gasteiger partial charge in [0.05, 0.1) is 0 Å². The molecule has 3 rings (SSSR count). The summed E-state index contributed by atoms with van der Waals surface area (Å²) in [4.78, 5) is 30.1. The maximum absolute atomic E-state index is 13.5. The minimum absolute atomic E-state index is 0.0818. The fourth-order valence-corrected chi connectivity index (χ4v) is 3.20. The van der Waals surface area contributed by atoms with Gasteiger partial charge >= 0.3 is 0 Å². The largest absolute Gasteiger partial charge is 0.346 e. The number of hydrogen-bond acceptors (Lipinski definition) is 4. The maximum Gasteiger partial charge on any atom is 0.282 e. The predicted molar refractivity (Wildman–Crippen MR) is 84.8 cm³/mol. The summed E-state index contributed by atoms with van der Waals surface area (Å²) in [5.74, 6) is -0.901. The summed E-state index contributed by atoms with van der Waals surface area (Å²) in [5.41, 5.74) is 0.596. The number of carbonyl (C=O) groups is 2. The van der Waals surface area contributed by atoms with Crippen LogP contribution in [-0.2, 0) is 6.54 Å². The Morgan fingerprint density at radius 3 is 2.74 bits per heavy atom. The molecule has 5 nitrogen and oxygen atoms in total. The van der Waals surface area contributed by atoms with Crippen molar-refractivity contribution in [2.45, 2.75) is 19.4 Å². The highest BCUT2D eigenvalue weighted by Crippen LogP contribution is 2.16. The zero-order valence-corrected chi connectivity index (χ0v) is 13.2. The molecule has 0 bridgehead atoms. The van der Waals surface area contributed by atoms with Crippen molar-refractivity contribution in [1.29, 1.82) is 0 Å². The van der Waals surface area contributed by atoms with E-state index in [1.807, 2.05) is 0 Å². The monoisotopic (exact) mass is 333 g/mol. The lowest BCUT2D eigenvalue weighted by Crippen LogP contribution is -2.28. The number of nitrogens with one attached hydrogen (secondary N) is 1. The zero-order chi connectivity index (χ0) is 16.2. The molecule has 23 heavy (non-hydrogen) atoms. The van der Waals surface area contributed by atoms with Crippen molar-refractivity contribution in [3.05, 3.63) is 51.7 Å². The van der Waals surface area contributed by atoms with Crippen molar-refractivity contribution in [1.82, 2.24) is 15.2 Å². The molecule has 0 aliphatic carbocycles.